The van der Waals surface area contributed by atoms with E-state index in [9.17, 15) is 0 Å². The summed E-state index contributed by atoms with van der Waals surface area (Å²) >= 11 is 0. The Morgan fingerprint density at radius 2 is 2.17 bits per heavy atom. The van der Waals surface area contributed by atoms with Crippen LogP contribution >= 0.6 is 0 Å². The lowest BCUT2D eigenvalue weighted by molar-refractivity contribution is 0.0522. The van der Waals surface area contributed by atoms with Crippen LogP contribution in [-0.4, -0.2) is 38.4 Å². The van der Waals surface area contributed by atoms with E-state index in [1.165, 1.54) is 30.4 Å². The number of hydrogen-bond donors (Lipinski definition) is 2. The van der Waals surface area contributed by atoms with E-state index in [1.807, 2.05) is 0 Å². The van der Waals surface area contributed by atoms with E-state index in [2.05, 4.69) is 55.7 Å². The average Bonchev–Trinajstić information content (AvgIpc) is 3.02. The third kappa shape index (κ3) is 4.14. The molecule has 1 saturated heterocycles. The van der Waals surface area contributed by atoms with Gasteiger partial charge in [0.2, 0.25) is 0 Å². The fourth-order valence-electron chi connectivity index (χ4n) is 4.14. The predicted octanol–water partition coefficient (Wildman–Crippen LogP) is 3.02. The Morgan fingerprint density at radius 1 is 1.30 bits per heavy atom. The molecule has 0 radical (unpaired) electrons. The van der Waals surface area contributed by atoms with E-state index >= 15 is 0 Å². The van der Waals surface area contributed by atoms with Crippen LogP contribution in [0.3, 0.4) is 0 Å². The zero-order chi connectivity index (χ0) is 16.3. The lowest BCUT2D eigenvalue weighted by Crippen LogP contribution is -2.52. The smallest absolute Gasteiger partial charge is 0.0623 e. The van der Waals surface area contributed by atoms with Crippen molar-refractivity contribution in [2.24, 2.45) is 5.92 Å². The van der Waals surface area contributed by atoms with E-state index in [1.54, 1.807) is 0 Å². The molecule has 1 aromatic carbocycles. The second kappa shape index (κ2) is 7.33. The highest BCUT2D eigenvalue weighted by Crippen LogP contribution is 2.31. The van der Waals surface area contributed by atoms with Crippen LogP contribution in [0.15, 0.2) is 24.3 Å². The molecule has 3 unspecified atom stereocenters. The molecule has 0 bridgehead atoms. The summed E-state index contributed by atoms with van der Waals surface area (Å²) in [5, 5.41) is 7.55. The molecule has 128 valence electrons. The molecule has 2 N–H and O–H groups in total. The van der Waals surface area contributed by atoms with Gasteiger partial charge in [0.15, 0.2) is 0 Å². The van der Waals surface area contributed by atoms with Gasteiger partial charge in [-0.1, -0.05) is 50.1 Å². The van der Waals surface area contributed by atoms with Gasteiger partial charge in [-0.2, -0.15) is 0 Å². The van der Waals surface area contributed by atoms with Crippen molar-refractivity contribution in [2.45, 2.75) is 57.5 Å². The molecule has 1 aromatic rings. The first-order valence-electron chi connectivity index (χ1n) is 9.18. The van der Waals surface area contributed by atoms with Crippen molar-refractivity contribution < 1.29 is 4.74 Å². The minimum atomic E-state index is 0.162. The highest BCUT2D eigenvalue weighted by atomic mass is 16.5. The lowest BCUT2D eigenvalue weighted by atomic mass is 9.83. The van der Waals surface area contributed by atoms with E-state index in [0.717, 1.165) is 26.3 Å². The number of ether oxygens (including phenoxy) is 1. The first-order valence-corrected chi connectivity index (χ1v) is 9.18. The molecule has 0 spiro atoms. The number of benzene rings is 1. The molecule has 1 aliphatic heterocycles. The van der Waals surface area contributed by atoms with Crippen molar-refractivity contribution in [3.8, 4) is 0 Å². The summed E-state index contributed by atoms with van der Waals surface area (Å²) in [5.41, 5.74) is 2.94. The fourth-order valence-corrected chi connectivity index (χ4v) is 4.14. The molecule has 3 rings (SSSR count). The third-order valence-corrected chi connectivity index (χ3v) is 5.64. The predicted molar refractivity (Wildman–Crippen MR) is 95.9 cm³/mol. The van der Waals surface area contributed by atoms with Crippen molar-refractivity contribution in [1.82, 2.24) is 10.6 Å². The van der Waals surface area contributed by atoms with Crippen LogP contribution in [0.5, 0.6) is 0 Å². The average molecular weight is 316 g/mol. The van der Waals surface area contributed by atoms with Gasteiger partial charge in [0.1, 0.15) is 0 Å². The summed E-state index contributed by atoms with van der Waals surface area (Å²) < 4.78 is 5.68. The summed E-state index contributed by atoms with van der Waals surface area (Å²) in [5.74, 6) is 0.712. The van der Waals surface area contributed by atoms with Crippen LogP contribution < -0.4 is 10.6 Å². The second-order valence-electron chi connectivity index (χ2n) is 7.97. The molecule has 1 aliphatic carbocycles. The molecular formula is C20H32N2O. The maximum Gasteiger partial charge on any atom is 0.0623 e. The van der Waals surface area contributed by atoms with Crippen LogP contribution in [0.25, 0.3) is 0 Å². The highest BCUT2D eigenvalue weighted by molar-refractivity contribution is 5.28. The Balaban J connectivity index is 1.60. The van der Waals surface area contributed by atoms with Gasteiger partial charge in [-0.15, -0.1) is 0 Å². The molecule has 0 amide bonds. The molecule has 23 heavy (non-hydrogen) atoms. The largest absolute Gasteiger partial charge is 0.379 e. The van der Waals surface area contributed by atoms with Crippen LogP contribution in [0.2, 0.25) is 0 Å². The monoisotopic (exact) mass is 316 g/mol. The Bertz CT molecular complexity index is 508. The Morgan fingerprint density at radius 3 is 2.91 bits per heavy atom. The van der Waals surface area contributed by atoms with E-state index in [0.29, 0.717) is 18.0 Å². The van der Waals surface area contributed by atoms with Gasteiger partial charge in [-0.05, 0) is 31.2 Å². The second-order valence-corrected chi connectivity index (χ2v) is 7.97. The van der Waals surface area contributed by atoms with Gasteiger partial charge in [-0.25, -0.2) is 0 Å². The highest BCUT2D eigenvalue weighted by Gasteiger charge is 2.35. The summed E-state index contributed by atoms with van der Waals surface area (Å²) in [6.45, 7) is 10.6. The number of rotatable bonds is 5. The molecule has 1 heterocycles. The summed E-state index contributed by atoms with van der Waals surface area (Å²) in [6.07, 6.45) is 3.96. The van der Waals surface area contributed by atoms with Crippen molar-refractivity contribution in [2.75, 3.05) is 26.3 Å². The quantitative estimate of drug-likeness (QED) is 0.876. The molecule has 3 nitrogen and oxygen atoms in total. The molecule has 2 fully saturated rings. The summed E-state index contributed by atoms with van der Waals surface area (Å²) in [4.78, 5) is 0. The zero-order valence-electron chi connectivity index (χ0n) is 14.9. The molecule has 0 aromatic heterocycles. The molecular weight excluding hydrogens is 284 g/mol. The molecule has 2 aliphatic rings. The van der Waals surface area contributed by atoms with Crippen molar-refractivity contribution >= 4 is 0 Å². The lowest BCUT2D eigenvalue weighted by Gasteiger charge is -2.35. The van der Waals surface area contributed by atoms with Gasteiger partial charge in [0.25, 0.3) is 0 Å². The minimum absolute atomic E-state index is 0.162. The SMILES string of the molecule is Cc1cccc(C(C)(C)CNC2CCCC2C2COCCN2)c1. The normalized spacial score (nSPS) is 28.9. The zero-order valence-corrected chi connectivity index (χ0v) is 14.9. The van der Waals surface area contributed by atoms with Gasteiger partial charge in [0, 0.05) is 30.6 Å². The van der Waals surface area contributed by atoms with Crippen molar-refractivity contribution in [3.05, 3.63) is 35.4 Å². The van der Waals surface area contributed by atoms with Gasteiger partial charge >= 0.3 is 0 Å². The number of morpholine rings is 1. The Kier molecular flexibility index (Phi) is 5.40. The maximum atomic E-state index is 5.68. The fraction of sp³-hybridized carbons (Fsp3) is 0.700. The summed E-state index contributed by atoms with van der Waals surface area (Å²) in [6, 6.07) is 10.1. The molecule has 3 heteroatoms. The van der Waals surface area contributed by atoms with Crippen molar-refractivity contribution in [1.29, 1.82) is 0 Å². The Hall–Kier alpha value is -0.900. The van der Waals surface area contributed by atoms with Crippen molar-refractivity contribution in [3.63, 3.8) is 0 Å². The maximum absolute atomic E-state index is 5.68. The van der Waals surface area contributed by atoms with Crippen LogP contribution in [0.1, 0.15) is 44.2 Å². The first kappa shape index (κ1) is 16.9. The van der Waals surface area contributed by atoms with E-state index < -0.39 is 0 Å². The molecule has 1 saturated carbocycles. The van der Waals surface area contributed by atoms with Crippen LogP contribution in [0.4, 0.5) is 0 Å². The topological polar surface area (TPSA) is 33.3 Å². The Labute approximate surface area is 141 Å². The van der Waals surface area contributed by atoms with E-state index in [-0.39, 0.29) is 5.41 Å². The summed E-state index contributed by atoms with van der Waals surface area (Å²) in [7, 11) is 0. The molecule has 3 atom stereocenters. The first-order chi connectivity index (χ1) is 11.1. The van der Waals surface area contributed by atoms with Gasteiger partial charge in [0.05, 0.1) is 13.2 Å². The van der Waals surface area contributed by atoms with Crippen LogP contribution in [-0.2, 0) is 10.2 Å². The van der Waals surface area contributed by atoms with E-state index in [4.69, 9.17) is 4.74 Å². The number of aryl methyl sites for hydroxylation is 1. The number of nitrogens with one attached hydrogen (secondary N) is 2. The standard InChI is InChI=1S/C20H32N2O/c1-15-6-4-7-16(12-15)20(2,3)14-22-18-9-5-8-17(18)19-13-23-11-10-21-19/h4,6-7,12,17-19,21-22H,5,8-11,13-14H2,1-3H3. The minimum Gasteiger partial charge on any atom is -0.379 e. The van der Waals surface area contributed by atoms with Gasteiger partial charge < -0.3 is 15.4 Å². The van der Waals surface area contributed by atoms with Gasteiger partial charge in [-0.3, -0.25) is 0 Å². The van der Waals surface area contributed by atoms with Crippen LogP contribution in [0, 0.1) is 12.8 Å². The number of hydrogen-bond acceptors (Lipinski definition) is 3. The third-order valence-electron chi connectivity index (χ3n) is 5.64.